The van der Waals surface area contributed by atoms with Crippen LogP contribution in [-0.4, -0.2) is 45.9 Å². The molecule has 6 nitrogen and oxygen atoms in total. The van der Waals surface area contributed by atoms with Crippen molar-refractivity contribution >= 4 is 11.9 Å². The molecular formula is C9H17NO5. The van der Waals surface area contributed by atoms with Gasteiger partial charge in [0.25, 0.3) is 0 Å². The van der Waals surface area contributed by atoms with E-state index in [1.165, 1.54) is 0 Å². The van der Waals surface area contributed by atoms with Crippen molar-refractivity contribution in [2.45, 2.75) is 38.3 Å². The molecule has 0 aliphatic heterocycles. The highest BCUT2D eigenvalue weighted by Crippen LogP contribution is 1.99. The summed E-state index contributed by atoms with van der Waals surface area (Å²) in [6.45, 7) is 1.94. The molecule has 2 atom stereocenters. The number of nitrogens with one attached hydrogen (secondary N) is 1. The van der Waals surface area contributed by atoms with Crippen molar-refractivity contribution in [3.8, 4) is 0 Å². The lowest BCUT2D eigenvalue weighted by Crippen LogP contribution is -2.41. The van der Waals surface area contributed by atoms with Gasteiger partial charge in [-0.3, -0.25) is 9.59 Å². The second kappa shape index (κ2) is 7.19. The molecule has 0 amide bonds. The summed E-state index contributed by atoms with van der Waals surface area (Å²) >= 11 is 0. The average Bonchev–Trinajstić information content (AvgIpc) is 2.16. The van der Waals surface area contributed by atoms with Crippen LogP contribution in [0.2, 0.25) is 0 Å². The summed E-state index contributed by atoms with van der Waals surface area (Å²) in [5.41, 5.74) is 0. The van der Waals surface area contributed by atoms with Crippen LogP contribution in [0.15, 0.2) is 0 Å². The third-order valence-corrected chi connectivity index (χ3v) is 2.02. The predicted octanol–water partition coefficient (Wildman–Crippen LogP) is -0.335. The summed E-state index contributed by atoms with van der Waals surface area (Å²) in [6.07, 6.45) is -0.261. The van der Waals surface area contributed by atoms with E-state index in [4.69, 9.17) is 10.2 Å². The van der Waals surface area contributed by atoms with Crippen LogP contribution in [-0.2, 0) is 9.59 Å². The van der Waals surface area contributed by atoms with E-state index in [2.05, 4.69) is 5.32 Å². The highest BCUT2D eigenvalue weighted by atomic mass is 16.4. The van der Waals surface area contributed by atoms with E-state index in [1.807, 2.05) is 0 Å². The normalized spacial score (nSPS) is 14.5. The van der Waals surface area contributed by atoms with Gasteiger partial charge in [0.05, 0.1) is 6.10 Å². The predicted molar refractivity (Wildman–Crippen MR) is 52.6 cm³/mol. The van der Waals surface area contributed by atoms with Crippen molar-refractivity contribution in [1.29, 1.82) is 0 Å². The number of carbonyl (C=O) groups is 2. The Labute approximate surface area is 87.9 Å². The molecule has 6 heteroatoms. The molecule has 88 valence electrons. The molecule has 0 rings (SSSR count). The number of aliphatic carboxylic acids is 2. The van der Waals surface area contributed by atoms with E-state index >= 15 is 0 Å². The van der Waals surface area contributed by atoms with Gasteiger partial charge in [-0.15, -0.1) is 0 Å². The molecule has 0 saturated heterocycles. The number of aliphatic hydroxyl groups excluding tert-OH is 1. The van der Waals surface area contributed by atoms with Crippen molar-refractivity contribution in [2.24, 2.45) is 0 Å². The maximum Gasteiger partial charge on any atom is 0.320 e. The van der Waals surface area contributed by atoms with E-state index < -0.39 is 24.1 Å². The fraction of sp³-hybridized carbons (Fsp3) is 0.778. The number of rotatable bonds is 8. The first-order valence-corrected chi connectivity index (χ1v) is 4.83. The Morgan fingerprint density at radius 2 is 1.93 bits per heavy atom. The third kappa shape index (κ3) is 6.87. The van der Waals surface area contributed by atoms with Gasteiger partial charge in [-0.05, 0) is 12.8 Å². The van der Waals surface area contributed by atoms with Gasteiger partial charge >= 0.3 is 11.9 Å². The first-order chi connectivity index (χ1) is 6.97. The summed E-state index contributed by atoms with van der Waals surface area (Å²) in [4.78, 5) is 20.9. The largest absolute Gasteiger partial charge is 0.481 e. The van der Waals surface area contributed by atoms with Gasteiger partial charge in [-0.25, -0.2) is 0 Å². The molecule has 4 N–H and O–H groups in total. The van der Waals surface area contributed by atoms with E-state index in [9.17, 15) is 14.7 Å². The zero-order chi connectivity index (χ0) is 11.8. The van der Waals surface area contributed by atoms with E-state index in [0.717, 1.165) is 0 Å². The molecule has 0 spiro atoms. The van der Waals surface area contributed by atoms with Crippen molar-refractivity contribution in [2.75, 3.05) is 6.54 Å². The van der Waals surface area contributed by atoms with Crippen LogP contribution in [0.1, 0.15) is 26.2 Å². The van der Waals surface area contributed by atoms with Crippen molar-refractivity contribution in [3.05, 3.63) is 0 Å². The minimum atomic E-state index is -1.10. The fourth-order valence-corrected chi connectivity index (χ4v) is 1.00. The van der Waals surface area contributed by atoms with Crippen LogP contribution < -0.4 is 5.32 Å². The number of carboxylic acid groups (broad SMARTS) is 2. The molecule has 0 radical (unpaired) electrons. The SMILES string of the molecule is CCC(O)CNC(CCC(=O)O)C(=O)O. The molecular weight excluding hydrogens is 202 g/mol. The average molecular weight is 219 g/mol. The summed E-state index contributed by atoms with van der Waals surface area (Å²) < 4.78 is 0. The fourth-order valence-electron chi connectivity index (χ4n) is 1.00. The highest BCUT2D eigenvalue weighted by Gasteiger charge is 2.18. The van der Waals surface area contributed by atoms with Gasteiger partial charge in [0.2, 0.25) is 0 Å². The number of aliphatic hydroxyl groups is 1. The first kappa shape index (κ1) is 13.9. The van der Waals surface area contributed by atoms with Crippen molar-refractivity contribution in [1.82, 2.24) is 5.32 Å². The Hall–Kier alpha value is -1.14. The number of carboxylic acids is 2. The lowest BCUT2D eigenvalue weighted by atomic mass is 10.1. The van der Waals surface area contributed by atoms with E-state index in [0.29, 0.717) is 6.42 Å². The molecule has 0 aromatic carbocycles. The minimum Gasteiger partial charge on any atom is -0.481 e. The van der Waals surface area contributed by atoms with E-state index in [-0.39, 0.29) is 19.4 Å². The zero-order valence-corrected chi connectivity index (χ0v) is 8.64. The van der Waals surface area contributed by atoms with Gasteiger partial charge in [-0.2, -0.15) is 0 Å². The second-order valence-electron chi connectivity index (χ2n) is 3.29. The number of hydrogen-bond donors (Lipinski definition) is 4. The highest BCUT2D eigenvalue weighted by molar-refractivity contribution is 5.75. The summed E-state index contributed by atoms with van der Waals surface area (Å²) in [5.74, 6) is -2.13. The van der Waals surface area contributed by atoms with Gasteiger partial charge in [0.15, 0.2) is 0 Å². The number of hydrogen-bond acceptors (Lipinski definition) is 4. The zero-order valence-electron chi connectivity index (χ0n) is 8.64. The topological polar surface area (TPSA) is 107 Å². The summed E-state index contributed by atoms with van der Waals surface area (Å²) in [6, 6.07) is -0.915. The molecule has 0 bridgehead atoms. The molecule has 15 heavy (non-hydrogen) atoms. The minimum absolute atomic E-state index is 0.0150. The van der Waals surface area contributed by atoms with Crippen LogP contribution in [0.5, 0.6) is 0 Å². The third-order valence-electron chi connectivity index (χ3n) is 2.02. The standard InChI is InChI=1S/C9H17NO5/c1-2-6(11)5-10-7(9(14)15)3-4-8(12)13/h6-7,10-11H,2-5H2,1H3,(H,12,13)(H,14,15). The maximum absolute atomic E-state index is 10.7. The van der Waals surface area contributed by atoms with Crippen LogP contribution >= 0.6 is 0 Å². The van der Waals surface area contributed by atoms with Crippen LogP contribution in [0.25, 0.3) is 0 Å². The second-order valence-corrected chi connectivity index (χ2v) is 3.29. The molecule has 0 aliphatic carbocycles. The molecule has 0 fully saturated rings. The Kier molecular flexibility index (Phi) is 6.64. The van der Waals surface area contributed by atoms with Gasteiger partial charge < -0.3 is 20.6 Å². The monoisotopic (exact) mass is 219 g/mol. The Morgan fingerprint density at radius 3 is 2.33 bits per heavy atom. The van der Waals surface area contributed by atoms with Gasteiger partial charge in [-0.1, -0.05) is 6.92 Å². The lowest BCUT2D eigenvalue weighted by molar-refractivity contribution is -0.140. The Morgan fingerprint density at radius 1 is 1.33 bits per heavy atom. The molecule has 2 unspecified atom stereocenters. The summed E-state index contributed by atoms with van der Waals surface area (Å²) in [5, 5.41) is 28.9. The molecule has 0 aromatic rings. The lowest BCUT2D eigenvalue weighted by Gasteiger charge is -2.15. The molecule has 0 aromatic heterocycles. The Bertz CT molecular complexity index is 219. The smallest absolute Gasteiger partial charge is 0.320 e. The van der Waals surface area contributed by atoms with Crippen LogP contribution in [0.3, 0.4) is 0 Å². The van der Waals surface area contributed by atoms with Crippen molar-refractivity contribution < 1.29 is 24.9 Å². The van der Waals surface area contributed by atoms with Crippen LogP contribution in [0.4, 0.5) is 0 Å². The summed E-state index contributed by atoms with van der Waals surface area (Å²) in [7, 11) is 0. The molecule has 0 heterocycles. The molecule has 0 aliphatic rings. The quantitative estimate of drug-likeness (QED) is 0.445. The Balaban J connectivity index is 3.94. The van der Waals surface area contributed by atoms with Gasteiger partial charge in [0.1, 0.15) is 6.04 Å². The maximum atomic E-state index is 10.7. The van der Waals surface area contributed by atoms with Crippen molar-refractivity contribution in [3.63, 3.8) is 0 Å². The van der Waals surface area contributed by atoms with Gasteiger partial charge in [0, 0.05) is 13.0 Å². The van der Waals surface area contributed by atoms with E-state index in [1.54, 1.807) is 6.92 Å². The molecule has 0 saturated carbocycles. The first-order valence-electron chi connectivity index (χ1n) is 4.83. The van der Waals surface area contributed by atoms with Crippen LogP contribution in [0, 0.1) is 0 Å².